The molecule has 1 aromatic heterocycles. The van der Waals surface area contributed by atoms with Gasteiger partial charge >= 0.3 is 0 Å². The first-order valence-corrected chi connectivity index (χ1v) is 8.42. The van der Waals surface area contributed by atoms with Gasteiger partial charge in [-0.2, -0.15) is 5.10 Å². The molecule has 0 spiro atoms. The van der Waals surface area contributed by atoms with E-state index in [0.29, 0.717) is 5.92 Å². The molecule has 0 amide bonds. The average Bonchev–Trinajstić information content (AvgIpc) is 2.85. The highest BCUT2D eigenvalue weighted by atomic mass is 16.3. The maximum Gasteiger partial charge on any atom is 0.218 e. The summed E-state index contributed by atoms with van der Waals surface area (Å²) in [7, 11) is 0. The molecule has 124 valence electrons. The van der Waals surface area contributed by atoms with Crippen LogP contribution in [0, 0.1) is 19.8 Å². The Morgan fingerprint density at radius 2 is 1.58 bits per heavy atom. The fraction of sp³-hybridized carbons (Fsp3) is 0.286. The van der Waals surface area contributed by atoms with E-state index in [1.54, 1.807) is 4.68 Å². The molecular formula is C21H24N2O. The van der Waals surface area contributed by atoms with Gasteiger partial charge in [0.2, 0.25) is 5.88 Å². The van der Waals surface area contributed by atoms with Gasteiger partial charge in [0.25, 0.3) is 0 Å². The molecule has 0 aliphatic carbocycles. The molecule has 2 aromatic carbocycles. The lowest BCUT2D eigenvalue weighted by Gasteiger charge is -2.08. The van der Waals surface area contributed by atoms with Crippen molar-refractivity contribution in [3.8, 4) is 22.8 Å². The zero-order valence-corrected chi connectivity index (χ0v) is 14.7. The Morgan fingerprint density at radius 3 is 2.21 bits per heavy atom. The molecule has 0 aliphatic rings. The van der Waals surface area contributed by atoms with Crippen LogP contribution >= 0.6 is 0 Å². The summed E-state index contributed by atoms with van der Waals surface area (Å²) >= 11 is 0. The number of benzene rings is 2. The quantitative estimate of drug-likeness (QED) is 0.729. The standard InChI is InChI=1S/C21H24N2O/c1-14(2)13-18-20(17-11-7-5-9-15(17)3)22-23(21(18)24)19-12-8-6-10-16(19)4/h5-12,14,24H,13H2,1-4H3. The highest BCUT2D eigenvalue weighted by Gasteiger charge is 2.21. The SMILES string of the molecule is Cc1ccccc1-c1nn(-c2ccccc2C)c(O)c1CC(C)C. The Kier molecular flexibility index (Phi) is 4.43. The van der Waals surface area contributed by atoms with Crippen LogP contribution in [0.2, 0.25) is 0 Å². The fourth-order valence-electron chi connectivity index (χ4n) is 3.06. The fourth-order valence-corrected chi connectivity index (χ4v) is 3.06. The van der Waals surface area contributed by atoms with Gasteiger partial charge in [0, 0.05) is 11.1 Å². The van der Waals surface area contributed by atoms with E-state index >= 15 is 0 Å². The summed E-state index contributed by atoms with van der Waals surface area (Å²) in [5, 5.41) is 15.7. The Labute approximate surface area is 143 Å². The van der Waals surface area contributed by atoms with Gasteiger partial charge in [0.1, 0.15) is 5.69 Å². The molecule has 24 heavy (non-hydrogen) atoms. The van der Waals surface area contributed by atoms with Crippen LogP contribution in [0.25, 0.3) is 16.9 Å². The number of hydrogen-bond donors (Lipinski definition) is 1. The topological polar surface area (TPSA) is 38.0 Å². The van der Waals surface area contributed by atoms with E-state index in [0.717, 1.165) is 40.1 Å². The average molecular weight is 320 g/mol. The first-order valence-electron chi connectivity index (χ1n) is 8.42. The molecule has 3 heteroatoms. The van der Waals surface area contributed by atoms with Crippen molar-refractivity contribution in [1.29, 1.82) is 0 Å². The van der Waals surface area contributed by atoms with E-state index in [2.05, 4.69) is 32.9 Å². The molecule has 0 bridgehead atoms. The summed E-state index contributed by atoms with van der Waals surface area (Å²) in [6.07, 6.45) is 0.793. The Hall–Kier alpha value is -2.55. The van der Waals surface area contributed by atoms with Gasteiger partial charge in [-0.05, 0) is 43.4 Å². The molecule has 3 rings (SSSR count). The van der Waals surface area contributed by atoms with Crippen molar-refractivity contribution in [3.05, 3.63) is 65.2 Å². The number of aryl methyl sites for hydroxylation is 2. The van der Waals surface area contributed by atoms with Crippen LogP contribution in [0.4, 0.5) is 0 Å². The van der Waals surface area contributed by atoms with Crippen molar-refractivity contribution in [3.63, 3.8) is 0 Å². The zero-order chi connectivity index (χ0) is 17.3. The predicted molar refractivity (Wildman–Crippen MR) is 98.7 cm³/mol. The largest absolute Gasteiger partial charge is 0.493 e. The third-order valence-electron chi connectivity index (χ3n) is 4.31. The second kappa shape index (κ2) is 6.52. The number of nitrogens with zero attached hydrogens (tertiary/aromatic N) is 2. The van der Waals surface area contributed by atoms with Gasteiger partial charge < -0.3 is 5.11 Å². The molecule has 0 aliphatic heterocycles. The number of para-hydroxylation sites is 1. The van der Waals surface area contributed by atoms with E-state index < -0.39 is 0 Å². The van der Waals surface area contributed by atoms with Crippen molar-refractivity contribution in [1.82, 2.24) is 9.78 Å². The number of aromatic nitrogens is 2. The van der Waals surface area contributed by atoms with Crippen LogP contribution in [0.3, 0.4) is 0 Å². The molecule has 0 saturated heterocycles. The van der Waals surface area contributed by atoms with E-state index in [1.165, 1.54) is 0 Å². The van der Waals surface area contributed by atoms with Crippen molar-refractivity contribution in [2.45, 2.75) is 34.1 Å². The highest BCUT2D eigenvalue weighted by molar-refractivity contribution is 5.69. The Bertz CT molecular complexity index is 862. The number of rotatable bonds is 4. The Morgan fingerprint density at radius 1 is 0.958 bits per heavy atom. The van der Waals surface area contributed by atoms with Gasteiger partial charge in [-0.3, -0.25) is 0 Å². The highest BCUT2D eigenvalue weighted by Crippen LogP contribution is 2.35. The zero-order valence-electron chi connectivity index (χ0n) is 14.7. The summed E-state index contributed by atoms with van der Waals surface area (Å²) in [6, 6.07) is 16.2. The summed E-state index contributed by atoms with van der Waals surface area (Å²) in [6.45, 7) is 8.43. The smallest absolute Gasteiger partial charge is 0.218 e. The normalized spacial score (nSPS) is 11.2. The summed E-state index contributed by atoms with van der Waals surface area (Å²) in [4.78, 5) is 0. The van der Waals surface area contributed by atoms with Crippen molar-refractivity contribution < 1.29 is 5.11 Å². The molecule has 1 N–H and O–H groups in total. The van der Waals surface area contributed by atoms with Gasteiger partial charge in [-0.25, -0.2) is 4.68 Å². The molecule has 0 radical (unpaired) electrons. The van der Waals surface area contributed by atoms with Gasteiger partial charge in [-0.15, -0.1) is 0 Å². The third-order valence-corrected chi connectivity index (χ3v) is 4.31. The van der Waals surface area contributed by atoms with E-state index in [1.807, 2.05) is 43.3 Å². The van der Waals surface area contributed by atoms with Crippen LogP contribution in [0.1, 0.15) is 30.5 Å². The van der Waals surface area contributed by atoms with Crippen LogP contribution in [-0.4, -0.2) is 14.9 Å². The van der Waals surface area contributed by atoms with E-state index in [9.17, 15) is 5.11 Å². The molecule has 0 saturated carbocycles. The van der Waals surface area contributed by atoms with Gasteiger partial charge in [0.05, 0.1) is 5.69 Å². The molecule has 3 aromatic rings. The molecular weight excluding hydrogens is 296 g/mol. The van der Waals surface area contributed by atoms with Crippen LogP contribution < -0.4 is 0 Å². The van der Waals surface area contributed by atoms with Crippen molar-refractivity contribution in [2.24, 2.45) is 5.92 Å². The Balaban J connectivity index is 2.24. The minimum atomic E-state index is 0.247. The molecule has 0 fully saturated rings. The molecule has 1 heterocycles. The minimum absolute atomic E-state index is 0.247. The van der Waals surface area contributed by atoms with Gasteiger partial charge in [-0.1, -0.05) is 56.3 Å². The minimum Gasteiger partial charge on any atom is -0.493 e. The summed E-state index contributed by atoms with van der Waals surface area (Å²) < 4.78 is 1.68. The number of aromatic hydroxyl groups is 1. The first kappa shape index (κ1) is 16.3. The molecule has 0 unspecified atom stereocenters. The predicted octanol–water partition coefficient (Wildman–Crippen LogP) is 5.06. The monoisotopic (exact) mass is 320 g/mol. The molecule has 3 nitrogen and oxygen atoms in total. The maximum atomic E-state index is 10.9. The van der Waals surface area contributed by atoms with Crippen LogP contribution in [0.5, 0.6) is 5.88 Å². The maximum absolute atomic E-state index is 10.9. The molecule has 0 atom stereocenters. The lowest BCUT2D eigenvalue weighted by molar-refractivity contribution is 0.424. The second-order valence-corrected chi connectivity index (χ2v) is 6.76. The second-order valence-electron chi connectivity index (χ2n) is 6.76. The van der Waals surface area contributed by atoms with Crippen molar-refractivity contribution in [2.75, 3.05) is 0 Å². The number of hydrogen-bond acceptors (Lipinski definition) is 2. The lowest BCUT2D eigenvalue weighted by atomic mass is 9.97. The van der Waals surface area contributed by atoms with Gasteiger partial charge in [0.15, 0.2) is 0 Å². The van der Waals surface area contributed by atoms with E-state index in [4.69, 9.17) is 5.10 Å². The van der Waals surface area contributed by atoms with Crippen molar-refractivity contribution >= 4 is 0 Å². The van der Waals surface area contributed by atoms with Crippen LogP contribution in [0.15, 0.2) is 48.5 Å². The summed E-state index contributed by atoms with van der Waals surface area (Å²) in [5.74, 6) is 0.685. The lowest BCUT2D eigenvalue weighted by Crippen LogP contribution is -1.99. The summed E-state index contributed by atoms with van der Waals surface area (Å²) in [5.41, 5.74) is 6.04. The van der Waals surface area contributed by atoms with Crippen LogP contribution in [-0.2, 0) is 6.42 Å². The third kappa shape index (κ3) is 2.94. The van der Waals surface area contributed by atoms with E-state index in [-0.39, 0.29) is 5.88 Å². The first-order chi connectivity index (χ1) is 11.5.